The molecule has 5 aliphatic carbocycles. The van der Waals surface area contributed by atoms with Gasteiger partial charge in [-0.15, -0.1) is 0 Å². The van der Waals surface area contributed by atoms with E-state index < -0.39 is 0 Å². The van der Waals surface area contributed by atoms with Gasteiger partial charge in [0.15, 0.2) is 0 Å². The van der Waals surface area contributed by atoms with Crippen LogP contribution in [0.4, 0.5) is 0 Å². The Kier molecular flexibility index (Phi) is 5.15. The van der Waals surface area contributed by atoms with Gasteiger partial charge in [-0.2, -0.15) is 0 Å². The maximum Gasteiger partial charge on any atom is 0.302 e. The lowest BCUT2D eigenvalue weighted by Gasteiger charge is -2.74. The molecule has 0 saturated heterocycles. The van der Waals surface area contributed by atoms with Gasteiger partial charge in [-0.05, 0) is 120 Å². The minimum absolute atomic E-state index is 0.0922. The average molecular weight is 457 g/mol. The van der Waals surface area contributed by atoms with E-state index in [-0.39, 0.29) is 12.1 Å². The van der Waals surface area contributed by atoms with Crippen LogP contribution in [0.5, 0.6) is 0 Å². The van der Waals surface area contributed by atoms with Crippen LogP contribution in [0.2, 0.25) is 0 Å². The van der Waals surface area contributed by atoms with Crippen molar-refractivity contribution in [2.75, 3.05) is 0 Å². The summed E-state index contributed by atoms with van der Waals surface area (Å²) in [5.74, 6) is 2.73. The van der Waals surface area contributed by atoms with Crippen LogP contribution >= 0.6 is 0 Å². The molecular formula is C31H52O2. The van der Waals surface area contributed by atoms with E-state index in [1.807, 2.05) is 0 Å². The highest BCUT2D eigenvalue weighted by atomic mass is 16.5. The summed E-state index contributed by atoms with van der Waals surface area (Å²) in [5.41, 5.74) is 2.61. The van der Waals surface area contributed by atoms with Gasteiger partial charge in [0.1, 0.15) is 6.10 Å². The van der Waals surface area contributed by atoms with Gasteiger partial charge in [0.2, 0.25) is 0 Å². The maximum absolute atomic E-state index is 11.9. The molecule has 0 amide bonds. The highest BCUT2D eigenvalue weighted by Gasteiger charge is 2.71. The van der Waals surface area contributed by atoms with Crippen molar-refractivity contribution in [1.29, 1.82) is 0 Å². The van der Waals surface area contributed by atoms with Gasteiger partial charge >= 0.3 is 5.97 Å². The Bertz CT molecular complexity index is 831. The summed E-state index contributed by atoms with van der Waals surface area (Å²) in [4.78, 5) is 11.9. The first-order valence-electron chi connectivity index (χ1n) is 14.3. The predicted molar refractivity (Wildman–Crippen MR) is 136 cm³/mol. The third kappa shape index (κ3) is 3.06. The van der Waals surface area contributed by atoms with Crippen LogP contribution in [0.25, 0.3) is 0 Å². The number of fused-ring (bicyclic) bond motifs is 7. The summed E-state index contributed by atoms with van der Waals surface area (Å²) in [6, 6.07) is 0. The van der Waals surface area contributed by atoms with Crippen LogP contribution in [0, 0.1) is 56.2 Å². The summed E-state index contributed by atoms with van der Waals surface area (Å²) in [7, 11) is 0. The van der Waals surface area contributed by atoms with E-state index in [2.05, 4.69) is 55.4 Å². The van der Waals surface area contributed by atoms with Crippen molar-refractivity contribution in [2.24, 2.45) is 56.2 Å². The molecule has 2 nitrogen and oxygen atoms in total. The zero-order chi connectivity index (χ0) is 24.2. The molecular weight excluding hydrogens is 404 g/mol. The van der Waals surface area contributed by atoms with E-state index in [1.54, 1.807) is 6.92 Å². The summed E-state index contributed by atoms with van der Waals surface area (Å²) in [5, 5.41) is 0. The molecule has 0 radical (unpaired) electrons. The lowest BCUT2D eigenvalue weighted by atomic mass is 9.31. The molecule has 10 atom stereocenters. The van der Waals surface area contributed by atoms with E-state index in [0.29, 0.717) is 44.3 Å². The fourth-order valence-electron chi connectivity index (χ4n) is 11.4. The van der Waals surface area contributed by atoms with E-state index in [0.717, 1.165) is 18.3 Å². The van der Waals surface area contributed by atoms with Crippen LogP contribution in [0.3, 0.4) is 0 Å². The number of ether oxygens (including phenoxy) is 1. The number of hydrogen-bond donors (Lipinski definition) is 0. The number of hydrogen-bond acceptors (Lipinski definition) is 2. The molecule has 5 fully saturated rings. The highest BCUT2D eigenvalue weighted by Crippen LogP contribution is 2.78. The van der Waals surface area contributed by atoms with Gasteiger partial charge in [0.25, 0.3) is 0 Å². The van der Waals surface area contributed by atoms with Gasteiger partial charge < -0.3 is 4.74 Å². The quantitative estimate of drug-likeness (QED) is 0.370. The second-order valence-corrected chi connectivity index (χ2v) is 15.7. The lowest BCUT2D eigenvalue weighted by Crippen LogP contribution is -2.66. The first kappa shape index (κ1) is 24.2. The lowest BCUT2D eigenvalue weighted by molar-refractivity contribution is -0.248. The van der Waals surface area contributed by atoms with Crippen molar-refractivity contribution in [3.8, 4) is 0 Å². The first-order valence-corrected chi connectivity index (χ1v) is 14.3. The predicted octanol–water partition coefficient (Wildman–Crippen LogP) is 8.43. The van der Waals surface area contributed by atoms with Gasteiger partial charge in [-0.1, -0.05) is 55.4 Å². The Morgan fingerprint density at radius 3 is 2.00 bits per heavy atom. The molecule has 2 heteroatoms. The molecule has 33 heavy (non-hydrogen) atoms. The molecule has 0 aromatic heterocycles. The molecule has 0 unspecified atom stereocenters. The van der Waals surface area contributed by atoms with Gasteiger partial charge in [-0.25, -0.2) is 0 Å². The Balaban J connectivity index is 1.51. The van der Waals surface area contributed by atoms with Crippen molar-refractivity contribution in [3.05, 3.63) is 0 Å². The minimum Gasteiger partial charge on any atom is -0.462 e. The van der Waals surface area contributed by atoms with Crippen LogP contribution in [-0.2, 0) is 9.53 Å². The van der Waals surface area contributed by atoms with Crippen molar-refractivity contribution in [2.45, 2.75) is 133 Å². The average Bonchev–Trinajstić information content (AvgIpc) is 2.97. The second-order valence-electron chi connectivity index (χ2n) is 15.7. The molecule has 0 N–H and O–H groups in total. The largest absolute Gasteiger partial charge is 0.462 e. The minimum atomic E-state index is -0.0922. The third-order valence-corrected chi connectivity index (χ3v) is 14.0. The van der Waals surface area contributed by atoms with Gasteiger partial charge in [0, 0.05) is 6.92 Å². The van der Waals surface area contributed by atoms with E-state index in [4.69, 9.17) is 4.74 Å². The van der Waals surface area contributed by atoms with Gasteiger partial charge in [0.05, 0.1) is 0 Å². The fraction of sp³-hybridized carbons (Fsp3) is 0.968. The molecule has 5 saturated carbocycles. The zero-order valence-electron chi connectivity index (χ0n) is 23.3. The monoisotopic (exact) mass is 456 g/mol. The molecule has 5 rings (SSSR count). The Hall–Kier alpha value is -0.530. The van der Waals surface area contributed by atoms with E-state index >= 15 is 0 Å². The van der Waals surface area contributed by atoms with Crippen LogP contribution in [0.15, 0.2) is 0 Å². The van der Waals surface area contributed by atoms with Crippen LogP contribution in [-0.4, -0.2) is 12.1 Å². The smallest absolute Gasteiger partial charge is 0.302 e. The van der Waals surface area contributed by atoms with Crippen molar-refractivity contribution in [1.82, 2.24) is 0 Å². The van der Waals surface area contributed by atoms with Crippen LogP contribution in [0.1, 0.15) is 127 Å². The third-order valence-electron chi connectivity index (χ3n) is 14.0. The van der Waals surface area contributed by atoms with Crippen molar-refractivity contribution in [3.63, 3.8) is 0 Å². The Morgan fingerprint density at radius 2 is 1.33 bits per heavy atom. The molecule has 0 bridgehead atoms. The normalized spacial score (nSPS) is 57.3. The van der Waals surface area contributed by atoms with Crippen molar-refractivity contribution >= 4 is 5.97 Å². The summed E-state index contributed by atoms with van der Waals surface area (Å²) in [6.07, 6.45) is 13.8. The SMILES string of the molecule is CC(=O)O[C@@H]1C[C@@H]2[C@](C)(CC[C@H]3[C@@]2(C)CC[C@]2(C)[C@H]4CC(C)(C)CC[C@]4(C)CC[C@]32C)[C@H]1C. The molecule has 0 aromatic carbocycles. The number of carbonyl (C=O) groups is 1. The fourth-order valence-corrected chi connectivity index (χ4v) is 11.4. The van der Waals surface area contributed by atoms with Crippen molar-refractivity contribution < 1.29 is 9.53 Å². The highest BCUT2D eigenvalue weighted by molar-refractivity contribution is 5.66. The molecule has 0 spiro atoms. The van der Waals surface area contributed by atoms with Gasteiger partial charge in [-0.3, -0.25) is 4.79 Å². The summed E-state index contributed by atoms with van der Waals surface area (Å²) in [6.45, 7) is 22.4. The van der Waals surface area contributed by atoms with E-state index in [1.165, 1.54) is 57.8 Å². The van der Waals surface area contributed by atoms with Crippen LogP contribution < -0.4 is 0 Å². The first-order chi connectivity index (χ1) is 15.1. The topological polar surface area (TPSA) is 26.3 Å². The molecule has 0 heterocycles. The zero-order valence-corrected chi connectivity index (χ0v) is 23.3. The number of rotatable bonds is 1. The Labute approximate surface area is 204 Å². The second kappa shape index (κ2) is 7.03. The summed E-state index contributed by atoms with van der Waals surface area (Å²) >= 11 is 0. The molecule has 0 aromatic rings. The standard InChI is InChI=1S/C31H52O2/c1-20-22(33-21(2)32)18-24-28(20,6)11-10-23-29(24,7)15-17-31(9)25-19-26(3,4)12-13-27(25,5)14-16-30(23,31)8/h20,22-25H,10-19H2,1-9H3/t20-,22+,23-,24+,25-,27+,28+,29+,30+,31+/m0/s1. The Morgan fingerprint density at radius 1 is 0.727 bits per heavy atom. The summed E-state index contributed by atoms with van der Waals surface area (Å²) < 4.78 is 5.92. The molecule has 188 valence electrons. The molecule has 5 aliphatic rings. The van der Waals surface area contributed by atoms with E-state index in [9.17, 15) is 4.79 Å². The number of esters is 1. The molecule has 0 aliphatic heterocycles. The maximum atomic E-state index is 11.9. The number of carbonyl (C=O) groups excluding carboxylic acids is 1.